The molecular weight excluding hydrogens is 728 g/mol. The molecule has 0 aromatic heterocycles. The van der Waals surface area contributed by atoms with Gasteiger partial charge in [-0.05, 0) is 157 Å². The first-order valence-corrected chi connectivity index (χ1v) is 21.5. The summed E-state index contributed by atoms with van der Waals surface area (Å²) in [6.07, 6.45) is 8.23. The smallest absolute Gasteiger partial charge is 0.255 e. The fourth-order valence-electron chi connectivity index (χ4n) is 11.6. The van der Waals surface area contributed by atoms with Crippen LogP contribution < -0.4 is 15.0 Å². The van der Waals surface area contributed by atoms with Crippen molar-refractivity contribution in [2.45, 2.75) is 81.9 Å². The lowest BCUT2D eigenvalue weighted by atomic mass is 9.69. The summed E-state index contributed by atoms with van der Waals surface area (Å²) in [5.74, 6) is 3.38. The number of piperazine rings is 1. The molecule has 9 heteroatoms. The van der Waals surface area contributed by atoms with Crippen LogP contribution in [0.25, 0.3) is 0 Å². The number of halogens is 1. The van der Waals surface area contributed by atoms with E-state index in [4.69, 9.17) is 4.74 Å². The van der Waals surface area contributed by atoms with Crippen molar-refractivity contribution in [2.75, 3.05) is 37.6 Å². The van der Waals surface area contributed by atoms with Gasteiger partial charge < -0.3 is 25.0 Å². The number of rotatable bonds is 8. The Labute approximate surface area is 340 Å². The first kappa shape index (κ1) is 37.1. The van der Waals surface area contributed by atoms with Gasteiger partial charge >= 0.3 is 0 Å². The molecule has 3 unspecified atom stereocenters. The first-order chi connectivity index (χ1) is 28.2. The van der Waals surface area contributed by atoms with Gasteiger partial charge in [-0.3, -0.25) is 14.5 Å². The Kier molecular flexibility index (Phi) is 9.75. The van der Waals surface area contributed by atoms with Crippen LogP contribution in [0.15, 0.2) is 97.2 Å². The summed E-state index contributed by atoms with van der Waals surface area (Å²) in [6.45, 7) is 9.56. The molecule has 0 spiro atoms. The highest BCUT2D eigenvalue weighted by molar-refractivity contribution is 6.01. The minimum absolute atomic E-state index is 0.0456. The number of phenolic OH excluding ortho intramolecular Hbond substituents is 1. The summed E-state index contributed by atoms with van der Waals surface area (Å²) in [7, 11) is 0. The van der Waals surface area contributed by atoms with E-state index < -0.39 is 6.04 Å². The van der Waals surface area contributed by atoms with Gasteiger partial charge in [0.15, 0.2) is 0 Å². The lowest BCUT2D eigenvalue weighted by Gasteiger charge is -2.37. The maximum atomic E-state index is 13.9. The summed E-state index contributed by atoms with van der Waals surface area (Å²) in [5, 5.41) is 13.0. The van der Waals surface area contributed by atoms with E-state index in [1.54, 1.807) is 23.1 Å². The van der Waals surface area contributed by atoms with Crippen LogP contribution in [0.5, 0.6) is 11.5 Å². The van der Waals surface area contributed by atoms with Crippen molar-refractivity contribution < 1.29 is 23.8 Å². The molecule has 3 aliphatic heterocycles. The highest BCUT2D eigenvalue weighted by Gasteiger charge is 2.43. The summed E-state index contributed by atoms with van der Waals surface area (Å²) in [5.41, 5.74) is 8.41. The molecule has 0 bridgehead atoms. The van der Waals surface area contributed by atoms with E-state index in [0.29, 0.717) is 25.1 Å². The van der Waals surface area contributed by atoms with Crippen molar-refractivity contribution in [1.82, 2.24) is 15.1 Å². The summed E-state index contributed by atoms with van der Waals surface area (Å²) >= 11 is 0. The molecule has 6 aliphatic rings. The number of aryl methyl sites for hydroxylation is 1. The van der Waals surface area contributed by atoms with Crippen molar-refractivity contribution >= 4 is 17.5 Å². The number of phenols is 1. The molecule has 2 saturated carbocycles. The van der Waals surface area contributed by atoms with Gasteiger partial charge in [0.25, 0.3) is 5.91 Å². The lowest BCUT2D eigenvalue weighted by molar-refractivity contribution is -0.126. The lowest BCUT2D eigenvalue weighted by Crippen LogP contribution is -2.49. The second-order valence-corrected chi connectivity index (χ2v) is 17.9. The van der Waals surface area contributed by atoms with Crippen LogP contribution in [0.1, 0.15) is 95.0 Å². The van der Waals surface area contributed by atoms with E-state index in [0.717, 1.165) is 97.8 Å². The average Bonchev–Trinajstić information content (AvgIpc) is 3.89. The number of carbonyl (C=O) groups excluding carboxylic acids is 2. The monoisotopic (exact) mass is 780 g/mol. The molecular formula is C49H53FN4O4. The predicted octanol–water partition coefficient (Wildman–Crippen LogP) is 8.15. The van der Waals surface area contributed by atoms with Crippen LogP contribution in [0.4, 0.5) is 10.1 Å². The number of benzene rings is 4. The summed E-state index contributed by atoms with van der Waals surface area (Å²) < 4.78 is 20.5. The second-order valence-electron chi connectivity index (χ2n) is 17.9. The molecule has 3 aliphatic carbocycles. The van der Waals surface area contributed by atoms with Gasteiger partial charge in [-0.25, -0.2) is 4.39 Å². The van der Waals surface area contributed by atoms with E-state index in [1.165, 1.54) is 41.8 Å². The minimum atomic E-state index is -0.432. The van der Waals surface area contributed by atoms with Crippen molar-refractivity contribution in [2.24, 2.45) is 17.8 Å². The van der Waals surface area contributed by atoms with Crippen molar-refractivity contribution in [1.29, 1.82) is 0 Å². The first-order valence-electron chi connectivity index (χ1n) is 21.5. The maximum Gasteiger partial charge on any atom is 0.255 e. The van der Waals surface area contributed by atoms with Crippen molar-refractivity contribution in [3.8, 4) is 11.5 Å². The van der Waals surface area contributed by atoms with Crippen LogP contribution in [-0.2, 0) is 17.8 Å². The molecule has 2 amide bonds. The van der Waals surface area contributed by atoms with Crippen molar-refractivity contribution in [3.05, 3.63) is 136 Å². The second kappa shape index (κ2) is 15.2. The third kappa shape index (κ3) is 7.16. The number of hydrogen-bond acceptors (Lipinski definition) is 6. The SMILES string of the molecule is C=C1CCC(N2Cc3cc(N4CCN(CC5CC6CC(Oc7ccc([C@@H]8c9ccc(O)cc9CC[C@@H]8c8ccc(F)cc8)cc7)CC6C5)CC4)ccc3C2=O)C(=O)N1. The van der Waals surface area contributed by atoms with Crippen LogP contribution in [-0.4, -0.2) is 71.6 Å². The van der Waals surface area contributed by atoms with Crippen LogP contribution in [0, 0.1) is 23.6 Å². The third-order valence-corrected chi connectivity index (χ3v) is 14.4. The summed E-state index contributed by atoms with van der Waals surface area (Å²) in [4.78, 5) is 32.7. The Hall–Kier alpha value is -5.15. The molecule has 10 rings (SSSR count). The molecule has 8 nitrogen and oxygen atoms in total. The zero-order chi connectivity index (χ0) is 39.5. The summed E-state index contributed by atoms with van der Waals surface area (Å²) in [6, 6.07) is 27.2. The average molecular weight is 781 g/mol. The van der Waals surface area contributed by atoms with Gasteiger partial charge in [-0.2, -0.15) is 0 Å². The Morgan fingerprint density at radius 2 is 1.53 bits per heavy atom. The number of anilines is 1. The Balaban J connectivity index is 0.709. The van der Waals surface area contributed by atoms with Gasteiger partial charge in [0, 0.05) is 62.1 Å². The van der Waals surface area contributed by atoms with Crippen molar-refractivity contribution in [3.63, 3.8) is 0 Å². The van der Waals surface area contributed by atoms with E-state index in [9.17, 15) is 19.1 Å². The number of nitrogens with zero attached hydrogens (tertiary/aromatic N) is 3. The third-order valence-electron chi connectivity index (χ3n) is 14.4. The maximum absolute atomic E-state index is 13.9. The zero-order valence-electron chi connectivity index (χ0n) is 33.1. The molecule has 5 atom stereocenters. The molecule has 3 heterocycles. The fourth-order valence-corrected chi connectivity index (χ4v) is 11.6. The van der Waals surface area contributed by atoms with E-state index >= 15 is 0 Å². The number of nitrogens with one attached hydrogen (secondary N) is 1. The minimum Gasteiger partial charge on any atom is -0.508 e. The molecule has 4 aromatic rings. The van der Waals surface area contributed by atoms with Crippen LogP contribution in [0.2, 0.25) is 0 Å². The Morgan fingerprint density at radius 3 is 2.28 bits per heavy atom. The number of fused-ring (bicyclic) bond motifs is 3. The molecule has 300 valence electrons. The standard InChI is InChI=1S/C49H53FN4O4/c1-30-2-17-46(48(56)51-30)54-29-37-24-39(10-15-45(37)49(54)57)53-20-18-52(19-21-53)28-31-22-35-26-42(27-36(35)23-31)58-41-12-5-33(6-13-41)47-43(32-3-8-38(50)9-4-32)14-7-34-25-40(55)11-16-44(34)47/h3-6,8-13,15-16,24-25,31,35-36,42-43,46-47,55H,1-2,7,14,17-23,26-29H2,(H,51,56)/t31?,35?,36?,42?,43-,46?,47+/m1/s1. The highest BCUT2D eigenvalue weighted by Crippen LogP contribution is 2.49. The Morgan fingerprint density at radius 1 is 0.793 bits per heavy atom. The van der Waals surface area contributed by atoms with E-state index in [2.05, 4.69) is 64.2 Å². The number of aromatic hydroxyl groups is 1. The van der Waals surface area contributed by atoms with Crippen LogP contribution in [0.3, 0.4) is 0 Å². The normalized spacial score (nSPS) is 28.3. The van der Waals surface area contributed by atoms with E-state index in [-0.39, 0.29) is 35.6 Å². The van der Waals surface area contributed by atoms with E-state index in [1.807, 2.05) is 24.3 Å². The fraction of sp³-hybridized carbons (Fsp3) is 0.429. The zero-order valence-corrected chi connectivity index (χ0v) is 33.1. The van der Waals surface area contributed by atoms with Gasteiger partial charge in [-0.15, -0.1) is 0 Å². The van der Waals surface area contributed by atoms with Gasteiger partial charge in [0.1, 0.15) is 23.4 Å². The molecule has 2 N–H and O–H groups in total. The van der Waals surface area contributed by atoms with Gasteiger partial charge in [-0.1, -0.05) is 36.9 Å². The highest BCUT2D eigenvalue weighted by atomic mass is 19.1. The molecule has 58 heavy (non-hydrogen) atoms. The van der Waals surface area contributed by atoms with Gasteiger partial charge in [0.05, 0.1) is 6.10 Å². The number of piperidine rings is 1. The molecule has 2 saturated heterocycles. The van der Waals surface area contributed by atoms with Gasteiger partial charge in [0.2, 0.25) is 5.91 Å². The Bertz CT molecular complexity index is 2200. The topological polar surface area (TPSA) is 85.4 Å². The largest absolute Gasteiger partial charge is 0.508 e. The number of amides is 2. The van der Waals surface area contributed by atoms with Crippen LogP contribution >= 0.6 is 0 Å². The number of carbonyl (C=O) groups is 2. The number of hydrogen-bond donors (Lipinski definition) is 2. The molecule has 4 fully saturated rings. The molecule has 4 aromatic carbocycles. The molecule has 0 radical (unpaired) electrons. The number of allylic oxidation sites excluding steroid dienone is 1. The predicted molar refractivity (Wildman–Crippen MR) is 222 cm³/mol. The number of ether oxygens (including phenoxy) is 1. The quantitative estimate of drug-likeness (QED) is 0.188.